The highest BCUT2D eigenvalue weighted by Crippen LogP contribution is 2.32. The minimum absolute atomic E-state index is 0.323. The molecule has 2 heterocycles. The maximum Gasteiger partial charge on any atom is 0.407 e. The number of anilines is 1. The average molecular weight is 423 g/mol. The van der Waals surface area contributed by atoms with Crippen LogP contribution >= 0.6 is 22.7 Å². The van der Waals surface area contributed by atoms with Crippen molar-refractivity contribution in [1.82, 2.24) is 15.3 Å². The number of nitrogens with zero attached hydrogens (tertiary/aromatic N) is 2. The highest BCUT2D eigenvalue weighted by atomic mass is 32.1. The average Bonchev–Trinajstić information content (AvgIpc) is 3.18. The van der Waals surface area contributed by atoms with Gasteiger partial charge in [0, 0.05) is 22.8 Å². The maximum absolute atomic E-state index is 11.8. The predicted octanol–water partition coefficient (Wildman–Crippen LogP) is 5.38. The third kappa shape index (κ3) is 5.91. The van der Waals surface area contributed by atoms with E-state index in [0.29, 0.717) is 18.5 Å². The molecule has 2 aromatic heterocycles. The normalized spacial score (nSPS) is 20.0. The first-order chi connectivity index (χ1) is 13.2. The number of hydrogen-bond acceptors (Lipinski definition) is 7. The summed E-state index contributed by atoms with van der Waals surface area (Å²) in [6, 6.07) is 0.440. The van der Waals surface area contributed by atoms with Crippen molar-refractivity contribution in [3.8, 4) is 11.4 Å². The monoisotopic (exact) mass is 422 g/mol. The zero-order valence-electron chi connectivity index (χ0n) is 17.3. The Balaban J connectivity index is 1.44. The number of nitrogens with one attached hydrogen (secondary N) is 2. The number of thiazole rings is 2. The van der Waals surface area contributed by atoms with E-state index < -0.39 is 5.60 Å². The molecular weight excluding hydrogens is 392 g/mol. The van der Waals surface area contributed by atoms with E-state index in [0.717, 1.165) is 47.2 Å². The van der Waals surface area contributed by atoms with Gasteiger partial charge in [-0.25, -0.2) is 14.8 Å². The number of ether oxygens (including phenoxy) is 1. The summed E-state index contributed by atoms with van der Waals surface area (Å²) < 4.78 is 5.30. The molecule has 28 heavy (non-hydrogen) atoms. The fourth-order valence-corrected chi connectivity index (χ4v) is 5.04. The van der Waals surface area contributed by atoms with E-state index in [-0.39, 0.29) is 6.09 Å². The number of rotatable bonds is 5. The van der Waals surface area contributed by atoms with Crippen LogP contribution in [-0.4, -0.2) is 34.2 Å². The Bertz CT molecular complexity index is 801. The van der Waals surface area contributed by atoms with Crippen molar-refractivity contribution in [2.75, 3.05) is 11.9 Å². The molecule has 0 saturated heterocycles. The summed E-state index contributed by atoms with van der Waals surface area (Å²) in [4.78, 5) is 22.3. The first-order valence-corrected chi connectivity index (χ1v) is 11.5. The van der Waals surface area contributed by atoms with Gasteiger partial charge < -0.3 is 15.4 Å². The van der Waals surface area contributed by atoms with Crippen LogP contribution in [0, 0.1) is 19.8 Å². The smallest absolute Gasteiger partial charge is 0.407 e. The van der Waals surface area contributed by atoms with Crippen molar-refractivity contribution in [3.63, 3.8) is 0 Å². The van der Waals surface area contributed by atoms with Crippen molar-refractivity contribution >= 4 is 33.9 Å². The number of carbonyl (C=O) groups is 1. The minimum atomic E-state index is -0.450. The highest BCUT2D eigenvalue weighted by Gasteiger charge is 2.23. The Morgan fingerprint density at radius 1 is 1.21 bits per heavy atom. The third-order valence-corrected chi connectivity index (χ3v) is 6.42. The standard InChI is InChI=1S/C20H30N4O2S2/c1-12-17(22-13(2)28-12)16-11-27-18(24-16)23-15-8-6-14(7-9-15)10-21-19(25)26-20(3,4)5/h11,14-15H,6-10H2,1-5H3,(H,21,25)(H,23,24). The van der Waals surface area contributed by atoms with Gasteiger partial charge in [0.05, 0.1) is 5.01 Å². The molecule has 0 radical (unpaired) electrons. The zero-order chi connectivity index (χ0) is 20.3. The van der Waals surface area contributed by atoms with Gasteiger partial charge in [-0.15, -0.1) is 22.7 Å². The van der Waals surface area contributed by atoms with Crippen molar-refractivity contribution in [2.24, 2.45) is 5.92 Å². The first-order valence-electron chi connectivity index (χ1n) is 9.83. The lowest BCUT2D eigenvalue weighted by Crippen LogP contribution is -2.37. The Morgan fingerprint density at radius 2 is 1.93 bits per heavy atom. The molecule has 1 amide bonds. The van der Waals surface area contributed by atoms with Crippen LogP contribution in [0.2, 0.25) is 0 Å². The van der Waals surface area contributed by atoms with Gasteiger partial charge in [-0.05, 0) is 66.2 Å². The van der Waals surface area contributed by atoms with Crippen LogP contribution in [0.5, 0.6) is 0 Å². The van der Waals surface area contributed by atoms with E-state index in [1.165, 1.54) is 4.88 Å². The quantitative estimate of drug-likeness (QED) is 0.676. The molecule has 0 aliphatic heterocycles. The van der Waals surface area contributed by atoms with Crippen LogP contribution in [-0.2, 0) is 4.74 Å². The molecule has 3 rings (SSSR count). The molecule has 0 aromatic carbocycles. The van der Waals surface area contributed by atoms with Gasteiger partial charge >= 0.3 is 6.09 Å². The van der Waals surface area contributed by atoms with Crippen LogP contribution in [0.15, 0.2) is 5.38 Å². The summed E-state index contributed by atoms with van der Waals surface area (Å²) in [7, 11) is 0. The highest BCUT2D eigenvalue weighted by molar-refractivity contribution is 7.14. The van der Waals surface area contributed by atoms with Crippen LogP contribution in [0.25, 0.3) is 11.4 Å². The lowest BCUT2D eigenvalue weighted by atomic mass is 9.86. The van der Waals surface area contributed by atoms with Gasteiger partial charge in [-0.1, -0.05) is 0 Å². The maximum atomic E-state index is 11.8. The lowest BCUT2D eigenvalue weighted by molar-refractivity contribution is 0.0515. The van der Waals surface area contributed by atoms with E-state index in [1.807, 2.05) is 27.7 Å². The molecule has 0 spiro atoms. The van der Waals surface area contributed by atoms with Gasteiger partial charge in [-0.3, -0.25) is 0 Å². The second-order valence-electron chi connectivity index (χ2n) is 8.42. The molecule has 2 aromatic rings. The topological polar surface area (TPSA) is 76.1 Å². The van der Waals surface area contributed by atoms with E-state index in [1.54, 1.807) is 22.7 Å². The predicted molar refractivity (Wildman–Crippen MR) is 116 cm³/mol. The van der Waals surface area contributed by atoms with Crippen LogP contribution in [0.3, 0.4) is 0 Å². The fraction of sp³-hybridized carbons (Fsp3) is 0.650. The van der Waals surface area contributed by atoms with Crippen molar-refractivity contribution in [3.05, 3.63) is 15.3 Å². The van der Waals surface area contributed by atoms with E-state index in [2.05, 4.69) is 27.9 Å². The van der Waals surface area contributed by atoms with Gasteiger partial charge in [0.2, 0.25) is 0 Å². The number of aryl methyl sites for hydroxylation is 2. The number of carbonyl (C=O) groups excluding carboxylic acids is 1. The Hall–Kier alpha value is -1.67. The Labute approximate surface area is 175 Å². The van der Waals surface area contributed by atoms with Crippen molar-refractivity contribution in [1.29, 1.82) is 0 Å². The molecule has 1 saturated carbocycles. The van der Waals surface area contributed by atoms with Crippen LogP contribution in [0.1, 0.15) is 56.3 Å². The Kier molecular flexibility index (Phi) is 6.60. The molecule has 6 nitrogen and oxygen atoms in total. The molecule has 154 valence electrons. The number of hydrogen-bond donors (Lipinski definition) is 2. The minimum Gasteiger partial charge on any atom is -0.444 e. The van der Waals surface area contributed by atoms with Crippen LogP contribution in [0.4, 0.5) is 9.93 Å². The van der Waals surface area contributed by atoms with Gasteiger partial charge in [0.1, 0.15) is 17.0 Å². The molecule has 1 aliphatic carbocycles. The molecule has 1 fully saturated rings. The SMILES string of the molecule is Cc1nc(-c2csc(NC3CCC(CNC(=O)OC(C)(C)C)CC3)n2)c(C)s1. The van der Waals surface area contributed by atoms with Gasteiger partial charge in [-0.2, -0.15) is 0 Å². The Morgan fingerprint density at radius 3 is 2.54 bits per heavy atom. The molecule has 0 atom stereocenters. The number of amides is 1. The first kappa shape index (κ1) is 21.0. The van der Waals surface area contributed by atoms with E-state index in [9.17, 15) is 4.79 Å². The molecule has 8 heteroatoms. The van der Waals surface area contributed by atoms with Gasteiger partial charge in [0.15, 0.2) is 5.13 Å². The summed E-state index contributed by atoms with van der Waals surface area (Å²) in [5.74, 6) is 0.512. The second-order valence-corrected chi connectivity index (χ2v) is 10.7. The van der Waals surface area contributed by atoms with Crippen molar-refractivity contribution in [2.45, 2.75) is 71.9 Å². The van der Waals surface area contributed by atoms with E-state index >= 15 is 0 Å². The summed E-state index contributed by atoms with van der Waals surface area (Å²) in [6.45, 7) is 10.5. The summed E-state index contributed by atoms with van der Waals surface area (Å²) in [5.41, 5.74) is 1.52. The zero-order valence-corrected chi connectivity index (χ0v) is 18.9. The number of aromatic nitrogens is 2. The molecule has 0 bridgehead atoms. The lowest BCUT2D eigenvalue weighted by Gasteiger charge is -2.29. The molecule has 2 N–H and O–H groups in total. The van der Waals surface area contributed by atoms with Crippen molar-refractivity contribution < 1.29 is 9.53 Å². The second kappa shape index (κ2) is 8.78. The molecule has 0 unspecified atom stereocenters. The van der Waals surface area contributed by atoms with E-state index in [4.69, 9.17) is 9.72 Å². The molecule has 1 aliphatic rings. The third-order valence-electron chi connectivity index (χ3n) is 4.76. The number of alkyl carbamates (subject to hydrolysis) is 1. The summed E-state index contributed by atoms with van der Waals surface area (Å²) in [6.07, 6.45) is 4.04. The summed E-state index contributed by atoms with van der Waals surface area (Å²) >= 11 is 3.36. The summed E-state index contributed by atoms with van der Waals surface area (Å²) in [5, 5.41) is 10.6. The largest absolute Gasteiger partial charge is 0.444 e. The molecular formula is C20H30N4O2S2. The van der Waals surface area contributed by atoms with Gasteiger partial charge in [0.25, 0.3) is 0 Å². The van der Waals surface area contributed by atoms with Crippen LogP contribution < -0.4 is 10.6 Å². The fourth-order valence-electron chi connectivity index (χ4n) is 3.44.